The summed E-state index contributed by atoms with van der Waals surface area (Å²) in [6.45, 7) is 4.02. The molecular formula is C81H132O5. The van der Waals surface area contributed by atoms with Gasteiger partial charge in [-0.25, -0.2) is 0 Å². The van der Waals surface area contributed by atoms with E-state index in [-0.39, 0.29) is 25.2 Å². The third-order valence-electron chi connectivity index (χ3n) is 15.0. The van der Waals surface area contributed by atoms with Crippen LogP contribution in [0.15, 0.2) is 170 Å². The van der Waals surface area contributed by atoms with Crippen LogP contribution in [0.4, 0.5) is 0 Å². The zero-order chi connectivity index (χ0) is 61.9. The van der Waals surface area contributed by atoms with Gasteiger partial charge in [0.25, 0.3) is 0 Å². The molecule has 86 heavy (non-hydrogen) atoms. The maximum absolute atomic E-state index is 12.4. The van der Waals surface area contributed by atoms with Gasteiger partial charge in [0.1, 0.15) is 6.61 Å². The molecule has 0 aliphatic rings. The standard InChI is InChI=1S/C81H132O5/c1-3-5-7-9-11-13-15-17-19-21-23-25-27-29-31-33-35-36-37-38-39-40-41-42-43-44-46-48-50-52-54-56-58-60-62-64-66-68-70-72-74-76-81(84)86-79(77-82)78-85-80(83)75-73-71-69-67-65-63-61-59-57-55-53-51-49-47-45-34-32-30-28-26-24-22-20-18-16-14-12-10-8-6-4-2/h5,7,11,13,16-19,22-25,28-31,35-36,38-39,41-42,44,46,50,52,56,58,79,82H,3-4,6,8-10,12,14-15,20-21,26-27,32-34,37,40,43,45,47-49,51,53-55,57,59-78H2,1-2H3/b7-5-,13-11-,18-16-,19-17-,24-22-,25-23-,30-28-,31-29-,36-35-,39-38-,42-41-,46-44-,52-50-,58-56-. The summed E-state index contributed by atoms with van der Waals surface area (Å²) in [7, 11) is 0. The van der Waals surface area contributed by atoms with E-state index in [1.807, 2.05) is 0 Å². The summed E-state index contributed by atoms with van der Waals surface area (Å²) in [5.74, 6) is -0.605. The van der Waals surface area contributed by atoms with Crippen molar-refractivity contribution in [2.45, 2.75) is 315 Å². The van der Waals surface area contributed by atoms with E-state index >= 15 is 0 Å². The van der Waals surface area contributed by atoms with E-state index in [0.717, 1.165) is 128 Å². The van der Waals surface area contributed by atoms with Crippen molar-refractivity contribution in [2.24, 2.45) is 0 Å². The Hall–Kier alpha value is -4.74. The molecule has 0 aromatic carbocycles. The molecule has 0 saturated carbocycles. The fourth-order valence-corrected chi connectivity index (χ4v) is 9.69. The zero-order valence-corrected chi connectivity index (χ0v) is 55.8. The second kappa shape index (κ2) is 74.5. The number of esters is 2. The lowest BCUT2D eigenvalue weighted by Crippen LogP contribution is -2.28. The molecular weight excluding hydrogens is 1050 g/mol. The fourth-order valence-electron chi connectivity index (χ4n) is 9.69. The summed E-state index contributed by atoms with van der Waals surface area (Å²) in [6.07, 6.45) is 115. The number of aliphatic hydroxyl groups is 1. The van der Waals surface area contributed by atoms with Crippen LogP contribution in [0.2, 0.25) is 0 Å². The fraction of sp³-hybridized carbons (Fsp3) is 0.630. The molecule has 0 amide bonds. The summed E-state index contributed by atoms with van der Waals surface area (Å²) in [4.78, 5) is 24.7. The van der Waals surface area contributed by atoms with Gasteiger partial charge in [-0.1, -0.05) is 332 Å². The number of hydrogen-bond acceptors (Lipinski definition) is 5. The highest BCUT2D eigenvalue weighted by Crippen LogP contribution is 2.16. The average Bonchev–Trinajstić information content (AvgIpc) is 3.54. The Balaban J connectivity index is 3.58. The Morgan fingerprint density at radius 1 is 0.279 bits per heavy atom. The molecule has 1 atom stereocenters. The first-order valence-corrected chi connectivity index (χ1v) is 35.7. The number of unbranched alkanes of at least 4 members (excludes halogenated alkanes) is 28. The van der Waals surface area contributed by atoms with Gasteiger partial charge < -0.3 is 14.6 Å². The first kappa shape index (κ1) is 81.3. The van der Waals surface area contributed by atoms with E-state index in [0.29, 0.717) is 12.8 Å². The van der Waals surface area contributed by atoms with E-state index in [2.05, 4.69) is 184 Å². The van der Waals surface area contributed by atoms with Crippen molar-refractivity contribution in [3.05, 3.63) is 170 Å². The number of allylic oxidation sites excluding steroid dienone is 28. The molecule has 0 radical (unpaired) electrons. The van der Waals surface area contributed by atoms with Crippen LogP contribution in [-0.4, -0.2) is 36.4 Å². The molecule has 5 nitrogen and oxygen atoms in total. The Morgan fingerprint density at radius 3 is 0.756 bits per heavy atom. The summed E-state index contributed by atoms with van der Waals surface area (Å²) in [5.41, 5.74) is 0. The van der Waals surface area contributed by atoms with Gasteiger partial charge in [0, 0.05) is 12.8 Å². The number of hydrogen-bond donors (Lipinski definition) is 1. The van der Waals surface area contributed by atoms with Gasteiger partial charge in [0.2, 0.25) is 0 Å². The maximum Gasteiger partial charge on any atom is 0.306 e. The number of carbonyl (C=O) groups excluding carboxylic acids is 2. The van der Waals surface area contributed by atoms with Crippen LogP contribution >= 0.6 is 0 Å². The first-order chi connectivity index (χ1) is 42.6. The van der Waals surface area contributed by atoms with Gasteiger partial charge in [-0.2, -0.15) is 0 Å². The molecule has 0 aliphatic carbocycles. The smallest absolute Gasteiger partial charge is 0.306 e. The van der Waals surface area contributed by atoms with Gasteiger partial charge in [-0.15, -0.1) is 0 Å². The van der Waals surface area contributed by atoms with Gasteiger partial charge in [0.05, 0.1) is 6.61 Å². The SMILES string of the molecule is CC/C=C\C/C=C\C/C=C\C/C=C\C/C=C\C/C=C\C/C=C\C/C=C\C/C=C\C/C=C\C/C=C\CCCCCCCCCC(=O)OC(CO)COC(=O)CCCCCCCCCCCCCCCCCC/C=C\C/C=C\C/C=C\CCCCCCC. The van der Waals surface area contributed by atoms with Crippen LogP contribution < -0.4 is 0 Å². The second-order valence-electron chi connectivity index (χ2n) is 23.2. The molecule has 5 heteroatoms. The van der Waals surface area contributed by atoms with Gasteiger partial charge >= 0.3 is 11.9 Å². The van der Waals surface area contributed by atoms with Crippen LogP contribution in [-0.2, 0) is 19.1 Å². The van der Waals surface area contributed by atoms with E-state index < -0.39 is 6.10 Å². The Morgan fingerprint density at radius 2 is 0.500 bits per heavy atom. The minimum atomic E-state index is -0.791. The van der Waals surface area contributed by atoms with Crippen molar-refractivity contribution in [3.63, 3.8) is 0 Å². The van der Waals surface area contributed by atoms with Gasteiger partial charge in [0.15, 0.2) is 6.10 Å². The monoisotopic (exact) mass is 1190 g/mol. The molecule has 0 rings (SSSR count). The van der Waals surface area contributed by atoms with Crippen LogP contribution in [0.5, 0.6) is 0 Å². The van der Waals surface area contributed by atoms with Crippen molar-refractivity contribution >= 4 is 11.9 Å². The quantitative estimate of drug-likeness (QED) is 0.0373. The van der Waals surface area contributed by atoms with E-state index in [1.165, 1.54) is 154 Å². The number of ether oxygens (including phenoxy) is 2. The second-order valence-corrected chi connectivity index (χ2v) is 23.2. The molecule has 0 heterocycles. The topological polar surface area (TPSA) is 72.8 Å². The lowest BCUT2D eigenvalue weighted by Gasteiger charge is -2.15. The molecule has 0 aliphatic heterocycles. The molecule has 0 spiro atoms. The predicted molar refractivity (Wildman–Crippen MR) is 380 cm³/mol. The molecule has 0 bridgehead atoms. The van der Waals surface area contributed by atoms with Crippen molar-refractivity contribution in [2.75, 3.05) is 13.2 Å². The predicted octanol–water partition coefficient (Wildman–Crippen LogP) is 25.2. The van der Waals surface area contributed by atoms with Gasteiger partial charge in [-0.3, -0.25) is 9.59 Å². The van der Waals surface area contributed by atoms with Crippen molar-refractivity contribution in [1.82, 2.24) is 0 Å². The molecule has 1 unspecified atom stereocenters. The van der Waals surface area contributed by atoms with Crippen molar-refractivity contribution < 1.29 is 24.2 Å². The van der Waals surface area contributed by atoms with Crippen molar-refractivity contribution in [3.8, 4) is 0 Å². The van der Waals surface area contributed by atoms with Gasteiger partial charge in [-0.05, 0) is 135 Å². The first-order valence-electron chi connectivity index (χ1n) is 35.7. The molecule has 1 N–H and O–H groups in total. The lowest BCUT2D eigenvalue weighted by molar-refractivity contribution is -0.161. The summed E-state index contributed by atoms with van der Waals surface area (Å²) in [6, 6.07) is 0. The van der Waals surface area contributed by atoms with E-state index in [4.69, 9.17) is 9.47 Å². The molecule has 0 aromatic heterocycles. The minimum Gasteiger partial charge on any atom is -0.462 e. The summed E-state index contributed by atoms with van der Waals surface area (Å²) < 4.78 is 10.7. The number of aliphatic hydroxyl groups excluding tert-OH is 1. The zero-order valence-electron chi connectivity index (χ0n) is 55.8. The van der Waals surface area contributed by atoms with Crippen molar-refractivity contribution in [1.29, 1.82) is 0 Å². The highest BCUT2D eigenvalue weighted by Gasteiger charge is 2.16. The average molecular weight is 1190 g/mol. The Labute approximate surface area is 532 Å². The van der Waals surface area contributed by atoms with Crippen LogP contribution in [0, 0.1) is 0 Å². The molecule has 0 saturated heterocycles. The molecule has 486 valence electrons. The summed E-state index contributed by atoms with van der Waals surface area (Å²) in [5, 5.41) is 9.71. The van der Waals surface area contributed by atoms with Crippen LogP contribution in [0.3, 0.4) is 0 Å². The highest BCUT2D eigenvalue weighted by atomic mass is 16.6. The molecule has 0 aromatic rings. The normalized spacial score (nSPS) is 13.3. The third kappa shape index (κ3) is 71.7. The molecule has 0 fully saturated rings. The number of carbonyl (C=O) groups is 2. The maximum atomic E-state index is 12.4. The highest BCUT2D eigenvalue weighted by molar-refractivity contribution is 5.70. The van der Waals surface area contributed by atoms with E-state index in [9.17, 15) is 14.7 Å². The Bertz CT molecular complexity index is 1870. The third-order valence-corrected chi connectivity index (χ3v) is 15.0. The number of rotatable bonds is 64. The minimum absolute atomic E-state index is 0.0782. The largest absolute Gasteiger partial charge is 0.462 e. The van der Waals surface area contributed by atoms with Crippen LogP contribution in [0.25, 0.3) is 0 Å². The Kier molecular flexibility index (Phi) is 70.4. The summed E-state index contributed by atoms with van der Waals surface area (Å²) >= 11 is 0. The van der Waals surface area contributed by atoms with E-state index in [1.54, 1.807) is 0 Å². The van der Waals surface area contributed by atoms with Crippen LogP contribution in [0.1, 0.15) is 309 Å². The lowest BCUT2D eigenvalue weighted by atomic mass is 10.0.